The summed E-state index contributed by atoms with van der Waals surface area (Å²) in [5.41, 5.74) is 9.99. The van der Waals surface area contributed by atoms with Crippen molar-refractivity contribution in [2.45, 2.75) is 71.6 Å². The van der Waals surface area contributed by atoms with Crippen molar-refractivity contribution >= 4 is 11.4 Å². The van der Waals surface area contributed by atoms with E-state index in [4.69, 9.17) is 0 Å². The molecule has 0 atom stereocenters. The largest absolute Gasteiger partial charge is 0.347 e. The summed E-state index contributed by atoms with van der Waals surface area (Å²) in [4.78, 5) is 2.34. The average molecular weight is 508 g/mol. The summed E-state index contributed by atoms with van der Waals surface area (Å²) in [7, 11) is 4.31. The summed E-state index contributed by atoms with van der Waals surface area (Å²) in [6.07, 6.45) is 19.4. The van der Waals surface area contributed by atoms with E-state index in [9.17, 15) is 0 Å². The number of para-hydroxylation sites is 2. The summed E-state index contributed by atoms with van der Waals surface area (Å²) in [6, 6.07) is 17.5. The highest BCUT2D eigenvalue weighted by Gasteiger charge is 2.37. The van der Waals surface area contributed by atoms with Gasteiger partial charge in [-0.05, 0) is 65.0 Å². The molecule has 2 aromatic carbocycles. The fourth-order valence-electron chi connectivity index (χ4n) is 6.32. The number of fused-ring (bicyclic) bond motifs is 1. The molecule has 1 aliphatic carbocycles. The van der Waals surface area contributed by atoms with Crippen LogP contribution in [0.5, 0.6) is 0 Å². The fraction of sp³-hybridized carbons (Fsp3) is 0.389. The van der Waals surface area contributed by atoms with Crippen molar-refractivity contribution < 1.29 is 5.32 Å². The third-order valence-corrected chi connectivity index (χ3v) is 8.32. The van der Waals surface area contributed by atoms with Crippen molar-refractivity contribution in [2.24, 2.45) is 5.41 Å². The van der Waals surface area contributed by atoms with Crippen molar-refractivity contribution in [3.63, 3.8) is 0 Å². The summed E-state index contributed by atoms with van der Waals surface area (Å²) in [6.45, 7) is 14.1. The van der Waals surface area contributed by atoms with Gasteiger partial charge >= 0.3 is 0 Å². The van der Waals surface area contributed by atoms with Crippen LogP contribution in [-0.4, -0.2) is 14.1 Å². The van der Waals surface area contributed by atoms with Crippen molar-refractivity contribution in [3.05, 3.63) is 119 Å². The molecule has 0 saturated heterocycles. The molecule has 0 bridgehead atoms. The first kappa shape index (κ1) is 27.9. The Bertz CT molecular complexity index is 1310. The van der Waals surface area contributed by atoms with Crippen LogP contribution in [0, 0.1) is 5.41 Å². The van der Waals surface area contributed by atoms with E-state index in [0.717, 1.165) is 19.3 Å². The minimum absolute atomic E-state index is 0.00914. The molecule has 2 aromatic rings. The van der Waals surface area contributed by atoms with E-state index in [1.807, 2.05) is 0 Å². The summed E-state index contributed by atoms with van der Waals surface area (Å²) < 4.78 is 0. The summed E-state index contributed by atoms with van der Waals surface area (Å²) in [5, 5.41) is 2.22. The van der Waals surface area contributed by atoms with Gasteiger partial charge in [-0.3, -0.25) is 0 Å². The molecule has 4 rings (SSSR count). The average Bonchev–Trinajstić information content (AvgIpc) is 3.06. The molecular formula is C36H47N2+. The van der Waals surface area contributed by atoms with E-state index in [0.29, 0.717) is 0 Å². The number of benzene rings is 2. The van der Waals surface area contributed by atoms with Crippen molar-refractivity contribution in [3.8, 4) is 0 Å². The molecule has 0 unspecified atom stereocenters. The molecule has 0 fully saturated rings. The van der Waals surface area contributed by atoms with Crippen LogP contribution < -0.4 is 10.2 Å². The highest BCUT2D eigenvalue weighted by molar-refractivity contribution is 5.70. The summed E-state index contributed by atoms with van der Waals surface area (Å²) >= 11 is 0. The molecule has 0 aromatic heterocycles. The van der Waals surface area contributed by atoms with E-state index >= 15 is 0 Å². The van der Waals surface area contributed by atoms with Crippen molar-refractivity contribution in [2.75, 3.05) is 19.0 Å². The fourth-order valence-corrected chi connectivity index (χ4v) is 6.32. The molecule has 2 N–H and O–H groups in total. The molecular weight excluding hydrogens is 460 g/mol. The van der Waals surface area contributed by atoms with Crippen LogP contribution in [0.15, 0.2) is 108 Å². The Balaban J connectivity index is 1.49. The normalized spacial score (nSPS) is 21.1. The van der Waals surface area contributed by atoms with Gasteiger partial charge in [0.25, 0.3) is 0 Å². The van der Waals surface area contributed by atoms with Crippen LogP contribution in [0.2, 0.25) is 0 Å². The second-order valence-corrected chi connectivity index (χ2v) is 13.0. The van der Waals surface area contributed by atoms with E-state index in [1.54, 1.807) is 0 Å². The van der Waals surface area contributed by atoms with Gasteiger partial charge in [-0.15, -0.1) is 0 Å². The predicted octanol–water partition coefficient (Wildman–Crippen LogP) is 8.28. The minimum Gasteiger partial charge on any atom is -0.347 e. The molecule has 0 spiro atoms. The highest BCUT2D eigenvalue weighted by atomic mass is 15.2. The standard InChI is InChI=1S/C36H46N2/c1-34(2)25-27(16-13-14-23-35(3,4)29-18-9-11-20-31(29)37-7)24-28(26-34)17-15-22-33-36(5,6)30-19-10-12-21-32(30)38(33)8/h9-22,24,37H,23,25-26H2,1-8H3/p+1/b14-13+,17-15+,27-16-,33-22+. The molecule has 1 heterocycles. The molecule has 0 amide bonds. The van der Waals surface area contributed by atoms with Crippen LogP contribution in [0.25, 0.3) is 0 Å². The third kappa shape index (κ3) is 5.97. The Labute approximate surface area is 231 Å². The van der Waals surface area contributed by atoms with Gasteiger partial charge in [0.15, 0.2) is 0 Å². The van der Waals surface area contributed by atoms with Gasteiger partial charge in [-0.1, -0.05) is 114 Å². The van der Waals surface area contributed by atoms with Crippen LogP contribution >= 0.6 is 0 Å². The number of hydrogen-bond donors (Lipinski definition) is 1. The Morgan fingerprint density at radius 2 is 1.63 bits per heavy atom. The van der Waals surface area contributed by atoms with Gasteiger partial charge in [0.05, 0.1) is 7.05 Å². The minimum atomic E-state index is 0.00914. The highest BCUT2D eigenvalue weighted by Crippen LogP contribution is 2.46. The van der Waals surface area contributed by atoms with E-state index in [2.05, 4.69) is 157 Å². The Morgan fingerprint density at radius 3 is 2.37 bits per heavy atom. The monoisotopic (exact) mass is 507 g/mol. The number of allylic oxidation sites excluding steroid dienone is 10. The first-order chi connectivity index (χ1) is 17.9. The number of nitrogens with zero attached hydrogens (tertiary/aromatic N) is 1. The molecule has 200 valence electrons. The Hall–Kier alpha value is -3.10. The maximum atomic E-state index is 2.40. The molecule has 1 aliphatic heterocycles. The number of anilines is 1. The van der Waals surface area contributed by atoms with Gasteiger partial charge in [0, 0.05) is 29.4 Å². The molecule has 0 saturated carbocycles. The maximum Gasteiger partial charge on any atom is 0.133 e. The number of likely N-dealkylation sites (N-methyl/N-ethyl adjacent to an activating group) is 1. The topological polar surface area (TPSA) is 19.9 Å². The zero-order valence-corrected chi connectivity index (χ0v) is 24.8. The molecule has 2 heteroatoms. The van der Waals surface area contributed by atoms with E-state index < -0.39 is 0 Å². The third-order valence-electron chi connectivity index (χ3n) is 8.32. The maximum absolute atomic E-state index is 2.40. The molecule has 2 nitrogen and oxygen atoms in total. The second kappa shape index (κ2) is 10.9. The van der Waals surface area contributed by atoms with Crippen LogP contribution in [0.4, 0.5) is 11.4 Å². The summed E-state index contributed by atoms with van der Waals surface area (Å²) in [5.74, 6) is 0. The lowest BCUT2D eigenvalue weighted by Gasteiger charge is -2.30. The van der Waals surface area contributed by atoms with Crippen LogP contribution in [-0.2, 0) is 10.8 Å². The van der Waals surface area contributed by atoms with Crippen LogP contribution in [0.1, 0.15) is 71.9 Å². The van der Waals surface area contributed by atoms with Crippen molar-refractivity contribution in [1.29, 1.82) is 0 Å². The lowest BCUT2D eigenvalue weighted by molar-refractivity contribution is -0.540. The second-order valence-electron chi connectivity index (χ2n) is 13.0. The first-order valence-electron chi connectivity index (χ1n) is 14.1. The zero-order chi connectivity index (χ0) is 27.6. The van der Waals surface area contributed by atoms with E-state index in [1.165, 1.54) is 39.3 Å². The van der Waals surface area contributed by atoms with E-state index in [-0.39, 0.29) is 16.2 Å². The Morgan fingerprint density at radius 1 is 0.921 bits per heavy atom. The number of rotatable bonds is 7. The number of hydrogen-bond acceptors (Lipinski definition) is 1. The molecule has 0 radical (unpaired) electrons. The SMILES string of the molecule is C[NH2+]c1ccccc1C(C)(C)C/C=C/C=C1C=C(/C=C/C=C2/N(C)c3ccccc3C2(C)C)CC(C)(C)C/1. The smallest absolute Gasteiger partial charge is 0.133 e. The van der Waals surface area contributed by atoms with Gasteiger partial charge in [-0.25, -0.2) is 0 Å². The number of nitrogens with two attached hydrogens (primary N) is 1. The lowest BCUT2D eigenvalue weighted by Crippen LogP contribution is -2.73. The number of quaternary nitrogens is 1. The first-order valence-corrected chi connectivity index (χ1v) is 14.1. The quantitative estimate of drug-likeness (QED) is 0.374. The molecule has 38 heavy (non-hydrogen) atoms. The molecule has 2 aliphatic rings. The van der Waals surface area contributed by atoms with Crippen LogP contribution in [0.3, 0.4) is 0 Å². The Kier molecular flexibility index (Phi) is 8.04. The van der Waals surface area contributed by atoms with Gasteiger partial charge < -0.3 is 10.2 Å². The van der Waals surface area contributed by atoms with Gasteiger partial charge in [0.1, 0.15) is 5.69 Å². The lowest BCUT2D eigenvalue weighted by atomic mass is 9.75. The van der Waals surface area contributed by atoms with Gasteiger partial charge in [0.2, 0.25) is 0 Å². The predicted molar refractivity (Wildman–Crippen MR) is 165 cm³/mol. The zero-order valence-electron chi connectivity index (χ0n) is 24.8. The van der Waals surface area contributed by atoms with Crippen molar-refractivity contribution in [1.82, 2.24) is 0 Å². The van der Waals surface area contributed by atoms with Gasteiger partial charge in [-0.2, -0.15) is 0 Å².